The van der Waals surface area contributed by atoms with Crippen molar-refractivity contribution >= 4 is 35.0 Å². The summed E-state index contributed by atoms with van der Waals surface area (Å²) in [6, 6.07) is 5.86. The number of ether oxygens (including phenoxy) is 2. The lowest BCUT2D eigenvalue weighted by molar-refractivity contribution is -0.178. The molecule has 5 atom stereocenters. The fourth-order valence-electron chi connectivity index (χ4n) is 3.62. The van der Waals surface area contributed by atoms with Crippen LogP contribution >= 0.6 is 35.0 Å². The van der Waals surface area contributed by atoms with E-state index in [0.29, 0.717) is 14.9 Å². The average molecular weight is 534 g/mol. The van der Waals surface area contributed by atoms with Gasteiger partial charge in [0, 0.05) is 10.5 Å². The monoisotopic (exact) mass is 533 g/mol. The third-order valence-corrected chi connectivity index (χ3v) is 7.19. The van der Waals surface area contributed by atoms with Crippen molar-refractivity contribution in [3.8, 4) is 17.0 Å². The molecule has 4 rings (SSSR count). The molecule has 1 aromatic heterocycles. The van der Waals surface area contributed by atoms with Crippen LogP contribution in [0.1, 0.15) is 6.04 Å². The molecule has 0 saturated carbocycles. The highest BCUT2D eigenvalue weighted by molar-refractivity contribution is 7.99. The van der Waals surface area contributed by atoms with Crippen molar-refractivity contribution in [2.75, 3.05) is 13.7 Å². The molecule has 0 aliphatic carbocycles. The number of aromatic nitrogens is 3. The Balaban J connectivity index is 1.63. The molecule has 182 valence electrons. The van der Waals surface area contributed by atoms with Crippen LogP contribution in [0.3, 0.4) is 0 Å². The Hall–Kier alpha value is -1.99. The molecule has 3 N–H and O–H groups in total. The van der Waals surface area contributed by atoms with Gasteiger partial charge >= 0.3 is 0 Å². The summed E-state index contributed by atoms with van der Waals surface area (Å²) in [5, 5.41) is 40.0. The van der Waals surface area contributed by atoms with Crippen LogP contribution in [0.4, 0.5) is 8.78 Å². The molecule has 2 heterocycles. The van der Waals surface area contributed by atoms with Crippen molar-refractivity contribution in [3.63, 3.8) is 0 Å². The van der Waals surface area contributed by atoms with Gasteiger partial charge < -0.3 is 24.8 Å². The molecule has 1 saturated heterocycles. The van der Waals surface area contributed by atoms with Crippen molar-refractivity contribution < 1.29 is 33.6 Å². The number of methoxy groups -OCH3 is 1. The fraction of sp³-hybridized carbons (Fsp3) is 0.333. The lowest BCUT2D eigenvalue weighted by Gasteiger charge is -2.41. The maximum atomic E-state index is 14.1. The maximum absolute atomic E-state index is 14.1. The number of rotatable bonds is 6. The molecule has 0 bridgehead atoms. The standard InChI is InChI=1S/C21H19Cl2F2N3O5S/c1-32-20-13(24)4-9(5-14(20)25)15-7-28(27-26-15)17-18(30)16(8-29)33-21(19(17)31)34-10-2-3-11(22)12(23)6-10/h2-7,16-19,21,29-31H,8H2,1H3/t16?,17-,18-,19?,21+/m0/s1. The Kier molecular flexibility index (Phi) is 7.63. The topological polar surface area (TPSA) is 110 Å². The van der Waals surface area contributed by atoms with Crippen molar-refractivity contribution in [1.82, 2.24) is 15.0 Å². The molecular formula is C21H19Cl2F2N3O5S. The van der Waals surface area contributed by atoms with Gasteiger partial charge in [0.05, 0.1) is 30.0 Å². The van der Waals surface area contributed by atoms with Gasteiger partial charge in [0.25, 0.3) is 0 Å². The summed E-state index contributed by atoms with van der Waals surface area (Å²) in [5.41, 5.74) is -0.745. The largest absolute Gasteiger partial charge is 0.491 e. The van der Waals surface area contributed by atoms with Crippen LogP contribution in [-0.2, 0) is 4.74 Å². The summed E-state index contributed by atoms with van der Waals surface area (Å²) in [4.78, 5) is 0.633. The molecular weight excluding hydrogens is 515 g/mol. The highest BCUT2D eigenvalue weighted by Crippen LogP contribution is 2.39. The van der Waals surface area contributed by atoms with E-state index < -0.39 is 53.8 Å². The second-order valence-electron chi connectivity index (χ2n) is 7.45. The Bertz CT molecular complexity index is 1160. The number of halogens is 4. The first-order chi connectivity index (χ1) is 16.2. The molecule has 3 aromatic rings. The Labute approximate surface area is 207 Å². The first-order valence-corrected chi connectivity index (χ1v) is 11.6. The minimum Gasteiger partial charge on any atom is -0.491 e. The van der Waals surface area contributed by atoms with Gasteiger partial charge in [-0.15, -0.1) is 5.10 Å². The molecule has 34 heavy (non-hydrogen) atoms. The van der Waals surface area contributed by atoms with Crippen LogP contribution in [0.25, 0.3) is 11.3 Å². The summed E-state index contributed by atoms with van der Waals surface area (Å²) < 4.78 is 39.8. The number of aliphatic hydroxyl groups excluding tert-OH is 3. The summed E-state index contributed by atoms with van der Waals surface area (Å²) in [7, 11) is 1.15. The lowest BCUT2D eigenvalue weighted by Crippen LogP contribution is -2.55. The van der Waals surface area contributed by atoms with Crippen LogP contribution in [0.2, 0.25) is 10.0 Å². The zero-order chi connectivity index (χ0) is 24.6. The molecule has 0 spiro atoms. The minimum atomic E-state index is -1.36. The van der Waals surface area contributed by atoms with Gasteiger partial charge in [-0.25, -0.2) is 13.5 Å². The van der Waals surface area contributed by atoms with Gasteiger partial charge in [-0.3, -0.25) is 0 Å². The predicted octanol–water partition coefficient (Wildman–Crippen LogP) is 3.31. The van der Waals surface area contributed by atoms with E-state index in [4.69, 9.17) is 27.9 Å². The summed E-state index contributed by atoms with van der Waals surface area (Å²) in [6.45, 7) is -0.528. The summed E-state index contributed by atoms with van der Waals surface area (Å²) in [5.74, 6) is -2.37. The van der Waals surface area contributed by atoms with Gasteiger partial charge in [-0.1, -0.05) is 40.2 Å². The number of benzene rings is 2. The second kappa shape index (κ2) is 10.3. The molecule has 1 fully saturated rings. The molecule has 2 unspecified atom stereocenters. The third-order valence-electron chi connectivity index (χ3n) is 5.31. The van der Waals surface area contributed by atoms with Crippen LogP contribution in [0, 0.1) is 11.6 Å². The van der Waals surface area contributed by atoms with Crippen LogP contribution in [-0.4, -0.2) is 67.8 Å². The van der Waals surface area contributed by atoms with Gasteiger partial charge in [-0.05, 0) is 30.3 Å². The molecule has 1 aliphatic rings. The fourth-order valence-corrected chi connectivity index (χ4v) is 5.08. The molecule has 1 aliphatic heterocycles. The first-order valence-electron chi connectivity index (χ1n) is 9.93. The molecule has 0 radical (unpaired) electrons. The van der Waals surface area contributed by atoms with Crippen LogP contribution < -0.4 is 4.74 Å². The number of aliphatic hydroxyl groups is 3. The van der Waals surface area contributed by atoms with Gasteiger partial charge in [0.1, 0.15) is 35.5 Å². The smallest absolute Gasteiger partial charge is 0.190 e. The normalized spacial score (nSPS) is 24.9. The first kappa shape index (κ1) is 25.1. The number of hydrogen-bond acceptors (Lipinski definition) is 8. The Morgan fingerprint density at radius 3 is 2.44 bits per heavy atom. The Morgan fingerprint density at radius 1 is 1.12 bits per heavy atom. The van der Waals surface area contributed by atoms with E-state index in [1.54, 1.807) is 18.2 Å². The van der Waals surface area contributed by atoms with Crippen molar-refractivity contribution in [1.29, 1.82) is 0 Å². The average Bonchev–Trinajstić information content (AvgIpc) is 3.28. The highest BCUT2D eigenvalue weighted by atomic mass is 35.5. The van der Waals surface area contributed by atoms with E-state index in [1.807, 2.05) is 0 Å². The quantitative estimate of drug-likeness (QED) is 0.442. The second-order valence-corrected chi connectivity index (χ2v) is 9.43. The number of thioether (sulfide) groups is 1. The molecule has 2 aromatic carbocycles. The van der Waals surface area contributed by atoms with Gasteiger partial charge in [0.2, 0.25) is 0 Å². The summed E-state index contributed by atoms with van der Waals surface area (Å²) in [6.07, 6.45) is -2.38. The van der Waals surface area contributed by atoms with E-state index in [1.165, 1.54) is 10.9 Å². The molecule has 13 heteroatoms. The third kappa shape index (κ3) is 4.87. The highest BCUT2D eigenvalue weighted by Gasteiger charge is 2.46. The van der Waals surface area contributed by atoms with Crippen molar-refractivity contribution in [2.24, 2.45) is 0 Å². The van der Waals surface area contributed by atoms with E-state index in [9.17, 15) is 24.1 Å². The number of hydrogen-bond donors (Lipinski definition) is 3. The van der Waals surface area contributed by atoms with E-state index in [0.717, 1.165) is 31.0 Å². The predicted molar refractivity (Wildman–Crippen MR) is 121 cm³/mol. The van der Waals surface area contributed by atoms with Gasteiger partial charge in [0.15, 0.2) is 17.4 Å². The van der Waals surface area contributed by atoms with Crippen molar-refractivity contribution in [2.45, 2.75) is 34.7 Å². The zero-order valence-corrected chi connectivity index (χ0v) is 19.8. The van der Waals surface area contributed by atoms with Crippen molar-refractivity contribution in [3.05, 3.63) is 58.2 Å². The van der Waals surface area contributed by atoms with E-state index in [-0.39, 0.29) is 11.3 Å². The Morgan fingerprint density at radius 2 is 1.82 bits per heavy atom. The lowest BCUT2D eigenvalue weighted by atomic mass is 9.97. The van der Waals surface area contributed by atoms with Crippen LogP contribution in [0.15, 0.2) is 41.4 Å². The SMILES string of the molecule is COc1c(F)cc(-c2cn([C@@H]3C(O)[C@@H](Sc4ccc(Cl)c(Cl)c4)OC(CO)[C@@H]3O)nn2)cc1F. The summed E-state index contributed by atoms with van der Waals surface area (Å²) >= 11 is 13.1. The molecule has 0 amide bonds. The maximum Gasteiger partial charge on any atom is 0.190 e. The van der Waals surface area contributed by atoms with E-state index in [2.05, 4.69) is 15.0 Å². The van der Waals surface area contributed by atoms with Crippen LogP contribution in [0.5, 0.6) is 5.75 Å². The zero-order valence-electron chi connectivity index (χ0n) is 17.5. The molecule has 8 nitrogen and oxygen atoms in total. The van der Waals surface area contributed by atoms with E-state index >= 15 is 0 Å². The number of nitrogens with zero attached hydrogens (tertiary/aromatic N) is 3. The van der Waals surface area contributed by atoms with Gasteiger partial charge in [-0.2, -0.15) is 0 Å². The minimum absolute atomic E-state index is 0.0820.